The van der Waals surface area contributed by atoms with Gasteiger partial charge in [-0.1, -0.05) is 0 Å². The Kier molecular flexibility index (Phi) is 4.55. The lowest BCUT2D eigenvalue weighted by Crippen LogP contribution is -2.24. The Labute approximate surface area is 109 Å². The highest BCUT2D eigenvalue weighted by atomic mass is 16.5. The van der Waals surface area contributed by atoms with Crippen molar-refractivity contribution in [3.63, 3.8) is 0 Å². The zero-order valence-corrected chi connectivity index (χ0v) is 11.2. The van der Waals surface area contributed by atoms with Gasteiger partial charge in [0.25, 0.3) is 0 Å². The third kappa shape index (κ3) is 3.96. The Bertz CT molecular complexity index is 378. The van der Waals surface area contributed by atoms with E-state index in [0.29, 0.717) is 0 Å². The van der Waals surface area contributed by atoms with Gasteiger partial charge in [0.05, 0.1) is 12.7 Å². The highest BCUT2D eigenvalue weighted by Crippen LogP contribution is 2.28. The Balaban J connectivity index is 1.79. The van der Waals surface area contributed by atoms with Crippen molar-refractivity contribution in [1.82, 2.24) is 4.98 Å². The first-order chi connectivity index (χ1) is 8.66. The Morgan fingerprint density at radius 1 is 1.56 bits per heavy atom. The molecular weight excluding hydrogens is 228 g/mol. The van der Waals surface area contributed by atoms with Crippen LogP contribution in [0.25, 0.3) is 0 Å². The lowest BCUT2D eigenvalue weighted by atomic mass is 10.2. The molecule has 1 heterocycles. The number of aliphatic hydroxyl groups excluding tert-OH is 1. The first-order valence-electron chi connectivity index (χ1n) is 6.59. The van der Waals surface area contributed by atoms with Gasteiger partial charge in [-0.05, 0) is 43.4 Å². The fraction of sp³-hybridized carbons (Fsp3) is 0.643. The number of nitrogens with zero attached hydrogens (tertiary/aromatic N) is 2. The van der Waals surface area contributed by atoms with Crippen molar-refractivity contribution in [3.8, 4) is 0 Å². The molecule has 1 aromatic rings. The molecule has 1 N–H and O–H groups in total. The molecule has 0 radical (unpaired) electrons. The van der Waals surface area contributed by atoms with E-state index in [1.165, 1.54) is 12.8 Å². The van der Waals surface area contributed by atoms with Gasteiger partial charge in [0.2, 0.25) is 0 Å². The summed E-state index contributed by atoms with van der Waals surface area (Å²) in [7, 11) is 1.99. The van der Waals surface area contributed by atoms with Crippen LogP contribution in [0.15, 0.2) is 18.3 Å². The Hall–Kier alpha value is -1.13. The molecule has 2 rings (SSSR count). The van der Waals surface area contributed by atoms with E-state index < -0.39 is 6.10 Å². The van der Waals surface area contributed by atoms with Crippen molar-refractivity contribution in [1.29, 1.82) is 0 Å². The summed E-state index contributed by atoms with van der Waals surface area (Å²) in [5, 5.41) is 9.54. The van der Waals surface area contributed by atoms with Crippen molar-refractivity contribution >= 4 is 5.82 Å². The molecule has 0 bridgehead atoms. The van der Waals surface area contributed by atoms with Crippen LogP contribution in [0.5, 0.6) is 0 Å². The van der Waals surface area contributed by atoms with Crippen LogP contribution in [-0.2, 0) is 4.74 Å². The van der Waals surface area contributed by atoms with Gasteiger partial charge in [0, 0.05) is 26.4 Å². The van der Waals surface area contributed by atoms with Crippen molar-refractivity contribution in [2.45, 2.75) is 25.9 Å². The van der Waals surface area contributed by atoms with Crippen molar-refractivity contribution in [2.75, 3.05) is 31.7 Å². The maximum atomic E-state index is 9.54. The molecular formula is C14H22N2O2. The Morgan fingerprint density at radius 2 is 2.33 bits per heavy atom. The van der Waals surface area contributed by atoms with Gasteiger partial charge in [0.15, 0.2) is 0 Å². The van der Waals surface area contributed by atoms with Crippen LogP contribution in [0, 0.1) is 5.92 Å². The van der Waals surface area contributed by atoms with Crippen LogP contribution in [0.2, 0.25) is 0 Å². The van der Waals surface area contributed by atoms with Crippen LogP contribution in [-0.4, -0.2) is 36.9 Å². The smallest absolute Gasteiger partial charge is 0.128 e. The molecule has 1 aliphatic carbocycles. The third-order valence-electron chi connectivity index (χ3n) is 3.26. The van der Waals surface area contributed by atoms with Gasteiger partial charge in [-0.3, -0.25) is 0 Å². The molecule has 0 aliphatic heterocycles. The quantitative estimate of drug-likeness (QED) is 0.752. The minimum absolute atomic E-state index is 0.453. The summed E-state index contributed by atoms with van der Waals surface area (Å²) < 4.78 is 5.61. The molecule has 4 heteroatoms. The molecule has 1 atom stereocenters. The molecule has 1 saturated carbocycles. The lowest BCUT2D eigenvalue weighted by Gasteiger charge is -2.19. The molecule has 0 amide bonds. The molecule has 18 heavy (non-hydrogen) atoms. The number of rotatable bonds is 7. The summed E-state index contributed by atoms with van der Waals surface area (Å²) in [4.78, 5) is 6.36. The monoisotopic (exact) mass is 250 g/mol. The van der Waals surface area contributed by atoms with E-state index in [1.807, 2.05) is 19.2 Å². The zero-order valence-electron chi connectivity index (χ0n) is 11.2. The van der Waals surface area contributed by atoms with Gasteiger partial charge >= 0.3 is 0 Å². The van der Waals surface area contributed by atoms with Crippen LogP contribution >= 0.6 is 0 Å². The van der Waals surface area contributed by atoms with Gasteiger partial charge in [0.1, 0.15) is 5.82 Å². The molecule has 1 aliphatic rings. The SMILES string of the molecule is C[C@@H](O)c1ccnc(N(C)CCOCC2CC2)c1. The van der Waals surface area contributed by atoms with E-state index in [1.54, 1.807) is 13.1 Å². The van der Waals surface area contributed by atoms with Crippen molar-refractivity contribution in [3.05, 3.63) is 23.9 Å². The number of hydrogen-bond acceptors (Lipinski definition) is 4. The van der Waals surface area contributed by atoms with E-state index in [4.69, 9.17) is 4.74 Å². The highest BCUT2D eigenvalue weighted by Gasteiger charge is 2.21. The van der Waals surface area contributed by atoms with Crippen LogP contribution in [0.4, 0.5) is 5.82 Å². The minimum Gasteiger partial charge on any atom is -0.389 e. The van der Waals surface area contributed by atoms with Gasteiger partial charge in [-0.2, -0.15) is 0 Å². The van der Waals surface area contributed by atoms with E-state index >= 15 is 0 Å². The molecule has 1 fully saturated rings. The summed E-state index contributed by atoms with van der Waals surface area (Å²) in [6, 6.07) is 3.76. The summed E-state index contributed by atoms with van der Waals surface area (Å²) in [6.45, 7) is 4.21. The molecule has 0 spiro atoms. The highest BCUT2D eigenvalue weighted by molar-refractivity contribution is 5.40. The molecule has 1 aromatic heterocycles. The minimum atomic E-state index is -0.453. The number of hydrogen-bond donors (Lipinski definition) is 1. The number of likely N-dealkylation sites (N-methyl/N-ethyl adjacent to an activating group) is 1. The largest absolute Gasteiger partial charge is 0.389 e. The Morgan fingerprint density at radius 3 is 3.00 bits per heavy atom. The molecule has 0 aromatic carbocycles. The molecule has 4 nitrogen and oxygen atoms in total. The summed E-state index contributed by atoms with van der Waals surface area (Å²) in [6.07, 6.45) is 3.94. The van der Waals surface area contributed by atoms with Gasteiger partial charge in [-0.15, -0.1) is 0 Å². The molecule has 100 valence electrons. The average Bonchev–Trinajstić information content (AvgIpc) is 3.18. The first kappa shape index (κ1) is 13.3. The number of aliphatic hydroxyl groups is 1. The van der Waals surface area contributed by atoms with E-state index in [2.05, 4.69) is 9.88 Å². The summed E-state index contributed by atoms with van der Waals surface area (Å²) in [5.74, 6) is 1.69. The second kappa shape index (κ2) is 6.16. The standard InChI is InChI=1S/C14H22N2O2/c1-11(17)13-5-6-15-14(9-13)16(2)7-8-18-10-12-3-4-12/h5-6,9,11-12,17H,3-4,7-8,10H2,1-2H3/t11-/m1/s1. The molecule has 0 unspecified atom stereocenters. The zero-order chi connectivity index (χ0) is 13.0. The predicted molar refractivity (Wildman–Crippen MR) is 71.7 cm³/mol. The number of aromatic nitrogens is 1. The second-order valence-electron chi connectivity index (χ2n) is 5.06. The average molecular weight is 250 g/mol. The van der Waals surface area contributed by atoms with Gasteiger partial charge < -0.3 is 14.7 Å². The maximum absolute atomic E-state index is 9.54. The number of pyridine rings is 1. The van der Waals surface area contributed by atoms with E-state index in [-0.39, 0.29) is 0 Å². The van der Waals surface area contributed by atoms with E-state index in [9.17, 15) is 5.11 Å². The third-order valence-corrected chi connectivity index (χ3v) is 3.26. The maximum Gasteiger partial charge on any atom is 0.128 e. The van der Waals surface area contributed by atoms with Crippen LogP contribution in [0.1, 0.15) is 31.4 Å². The number of anilines is 1. The second-order valence-corrected chi connectivity index (χ2v) is 5.06. The van der Waals surface area contributed by atoms with Crippen molar-refractivity contribution < 1.29 is 9.84 Å². The number of ether oxygens (including phenoxy) is 1. The predicted octanol–water partition coefficient (Wildman–Crippen LogP) is 2.00. The normalized spacial score (nSPS) is 16.6. The fourth-order valence-corrected chi connectivity index (χ4v) is 1.75. The first-order valence-corrected chi connectivity index (χ1v) is 6.59. The fourth-order valence-electron chi connectivity index (χ4n) is 1.75. The van der Waals surface area contributed by atoms with Gasteiger partial charge in [-0.25, -0.2) is 4.98 Å². The summed E-state index contributed by atoms with van der Waals surface area (Å²) in [5.41, 5.74) is 0.894. The summed E-state index contributed by atoms with van der Waals surface area (Å²) >= 11 is 0. The van der Waals surface area contributed by atoms with E-state index in [0.717, 1.165) is 37.1 Å². The topological polar surface area (TPSA) is 45.6 Å². The lowest BCUT2D eigenvalue weighted by molar-refractivity contribution is 0.131. The van der Waals surface area contributed by atoms with Crippen LogP contribution < -0.4 is 4.90 Å². The molecule has 0 saturated heterocycles. The van der Waals surface area contributed by atoms with Crippen LogP contribution in [0.3, 0.4) is 0 Å². The van der Waals surface area contributed by atoms with Crippen molar-refractivity contribution in [2.24, 2.45) is 5.92 Å².